The number of guanidine groups is 1. The first kappa shape index (κ1) is 17.3. The third-order valence-corrected chi connectivity index (χ3v) is 3.29. The number of rotatable bonds is 4. The standard InChI is InChI=1S/C17H18N4O.HI/c1-18-17(20-11-14-7-4-5-9-19-14)21-12-15-10-13-6-2-3-8-16(13)22-15;/h2-10H,11-12H2,1H3,(H2,18,20,21);1H. The molecule has 23 heavy (non-hydrogen) atoms. The lowest BCUT2D eigenvalue weighted by molar-refractivity contribution is 0.538. The van der Waals surface area contributed by atoms with E-state index in [-0.39, 0.29) is 24.0 Å². The molecule has 120 valence electrons. The van der Waals surface area contributed by atoms with E-state index in [4.69, 9.17) is 4.42 Å². The van der Waals surface area contributed by atoms with E-state index in [1.807, 2.05) is 48.5 Å². The smallest absolute Gasteiger partial charge is 0.191 e. The van der Waals surface area contributed by atoms with Gasteiger partial charge in [0.25, 0.3) is 0 Å². The second-order valence-electron chi connectivity index (χ2n) is 4.85. The molecule has 3 rings (SSSR count). The Labute approximate surface area is 152 Å². The average Bonchev–Trinajstić information content (AvgIpc) is 2.99. The number of pyridine rings is 1. The van der Waals surface area contributed by atoms with Gasteiger partial charge in [-0.1, -0.05) is 24.3 Å². The lowest BCUT2D eigenvalue weighted by atomic mass is 10.2. The first-order chi connectivity index (χ1) is 10.8. The number of aromatic nitrogens is 1. The molecule has 6 heteroatoms. The summed E-state index contributed by atoms with van der Waals surface area (Å²) in [4.78, 5) is 8.47. The van der Waals surface area contributed by atoms with E-state index in [2.05, 4.69) is 20.6 Å². The molecule has 0 spiro atoms. The third-order valence-electron chi connectivity index (χ3n) is 3.29. The van der Waals surface area contributed by atoms with Crippen LogP contribution in [0.3, 0.4) is 0 Å². The molecule has 1 aromatic carbocycles. The molecule has 0 saturated carbocycles. The van der Waals surface area contributed by atoms with Crippen molar-refractivity contribution in [3.63, 3.8) is 0 Å². The van der Waals surface area contributed by atoms with Crippen LogP contribution in [0.1, 0.15) is 11.5 Å². The minimum atomic E-state index is 0. The van der Waals surface area contributed by atoms with Crippen molar-refractivity contribution >= 4 is 40.9 Å². The number of aliphatic imine (C=N–C) groups is 1. The van der Waals surface area contributed by atoms with Crippen LogP contribution in [-0.4, -0.2) is 18.0 Å². The summed E-state index contributed by atoms with van der Waals surface area (Å²) >= 11 is 0. The van der Waals surface area contributed by atoms with E-state index < -0.39 is 0 Å². The second-order valence-corrected chi connectivity index (χ2v) is 4.85. The van der Waals surface area contributed by atoms with Crippen LogP contribution >= 0.6 is 24.0 Å². The number of furan rings is 1. The number of halogens is 1. The summed E-state index contributed by atoms with van der Waals surface area (Å²) in [6.07, 6.45) is 1.78. The maximum Gasteiger partial charge on any atom is 0.191 e. The zero-order valence-corrected chi connectivity index (χ0v) is 15.2. The molecular weight excluding hydrogens is 403 g/mol. The molecule has 0 aliphatic heterocycles. The maximum atomic E-state index is 5.77. The number of nitrogens with one attached hydrogen (secondary N) is 2. The summed E-state index contributed by atoms with van der Waals surface area (Å²) in [7, 11) is 1.74. The second kappa shape index (κ2) is 8.52. The number of hydrogen-bond acceptors (Lipinski definition) is 3. The van der Waals surface area contributed by atoms with Crippen molar-refractivity contribution < 1.29 is 4.42 Å². The Hall–Kier alpha value is -2.09. The van der Waals surface area contributed by atoms with Gasteiger partial charge in [-0.05, 0) is 24.3 Å². The molecule has 0 unspecified atom stereocenters. The predicted molar refractivity (Wildman–Crippen MR) is 103 cm³/mol. The molecule has 5 nitrogen and oxygen atoms in total. The van der Waals surface area contributed by atoms with Gasteiger partial charge in [0.2, 0.25) is 0 Å². The molecule has 2 heterocycles. The van der Waals surface area contributed by atoms with Gasteiger partial charge in [-0.2, -0.15) is 0 Å². The lowest BCUT2D eigenvalue weighted by Gasteiger charge is -2.10. The van der Waals surface area contributed by atoms with Crippen molar-refractivity contribution in [1.29, 1.82) is 0 Å². The number of nitrogens with zero attached hydrogens (tertiary/aromatic N) is 2. The topological polar surface area (TPSA) is 62.5 Å². The van der Waals surface area contributed by atoms with Crippen LogP contribution in [0.5, 0.6) is 0 Å². The van der Waals surface area contributed by atoms with Crippen molar-refractivity contribution in [3.05, 3.63) is 66.2 Å². The minimum Gasteiger partial charge on any atom is -0.459 e. The van der Waals surface area contributed by atoms with E-state index >= 15 is 0 Å². The van der Waals surface area contributed by atoms with Crippen LogP contribution < -0.4 is 10.6 Å². The summed E-state index contributed by atoms with van der Waals surface area (Å²) in [6.45, 7) is 1.21. The maximum absolute atomic E-state index is 5.77. The van der Waals surface area contributed by atoms with E-state index in [1.54, 1.807) is 13.2 Å². The van der Waals surface area contributed by atoms with E-state index in [0.717, 1.165) is 22.4 Å². The molecule has 0 atom stereocenters. The van der Waals surface area contributed by atoms with Crippen molar-refractivity contribution in [2.45, 2.75) is 13.1 Å². The summed E-state index contributed by atoms with van der Waals surface area (Å²) < 4.78 is 5.77. The number of fused-ring (bicyclic) bond motifs is 1. The SMILES string of the molecule is CN=C(NCc1ccccn1)NCc1cc2ccccc2o1.I. The quantitative estimate of drug-likeness (QED) is 0.385. The van der Waals surface area contributed by atoms with Crippen LogP contribution in [0.15, 0.2) is 64.1 Å². The molecule has 2 aromatic heterocycles. The van der Waals surface area contributed by atoms with Crippen molar-refractivity contribution in [1.82, 2.24) is 15.6 Å². The van der Waals surface area contributed by atoms with Crippen molar-refractivity contribution in [2.75, 3.05) is 7.05 Å². The molecule has 0 radical (unpaired) electrons. The first-order valence-corrected chi connectivity index (χ1v) is 7.17. The summed E-state index contributed by atoms with van der Waals surface area (Å²) in [5, 5.41) is 7.57. The van der Waals surface area contributed by atoms with Crippen LogP contribution in [-0.2, 0) is 13.1 Å². The molecule has 0 fully saturated rings. The minimum absolute atomic E-state index is 0. The van der Waals surface area contributed by atoms with Crippen molar-refractivity contribution in [3.8, 4) is 0 Å². The van der Waals surface area contributed by atoms with E-state index in [9.17, 15) is 0 Å². The molecule has 0 saturated heterocycles. The Kier molecular flexibility index (Phi) is 6.40. The normalized spacial score (nSPS) is 11.1. The highest BCUT2D eigenvalue weighted by Crippen LogP contribution is 2.18. The molecule has 3 aromatic rings. The Morgan fingerprint density at radius 1 is 1.09 bits per heavy atom. The fourth-order valence-corrected chi connectivity index (χ4v) is 2.19. The monoisotopic (exact) mass is 422 g/mol. The third kappa shape index (κ3) is 4.69. The highest BCUT2D eigenvalue weighted by atomic mass is 127. The van der Waals surface area contributed by atoms with Gasteiger partial charge in [0.15, 0.2) is 5.96 Å². The highest BCUT2D eigenvalue weighted by Gasteiger charge is 2.04. The van der Waals surface area contributed by atoms with Gasteiger partial charge in [-0.15, -0.1) is 24.0 Å². The number of hydrogen-bond donors (Lipinski definition) is 2. The zero-order valence-electron chi connectivity index (χ0n) is 12.8. The fourth-order valence-electron chi connectivity index (χ4n) is 2.19. The number of benzene rings is 1. The van der Waals surface area contributed by atoms with Crippen LogP contribution in [0, 0.1) is 0 Å². The molecular formula is C17H19IN4O. The predicted octanol–water partition coefficient (Wildman–Crippen LogP) is 3.31. The van der Waals surface area contributed by atoms with Gasteiger partial charge < -0.3 is 15.1 Å². The first-order valence-electron chi connectivity index (χ1n) is 7.17. The Balaban J connectivity index is 0.00000192. The van der Waals surface area contributed by atoms with Crippen LogP contribution in [0.4, 0.5) is 0 Å². The van der Waals surface area contributed by atoms with Gasteiger partial charge in [0.05, 0.1) is 18.8 Å². The summed E-state index contributed by atoms with van der Waals surface area (Å²) in [5.41, 5.74) is 1.87. The summed E-state index contributed by atoms with van der Waals surface area (Å²) in [6, 6.07) is 15.9. The largest absolute Gasteiger partial charge is 0.459 e. The Morgan fingerprint density at radius 2 is 1.87 bits per heavy atom. The van der Waals surface area contributed by atoms with Gasteiger partial charge in [-0.3, -0.25) is 9.98 Å². The fraction of sp³-hybridized carbons (Fsp3) is 0.176. The Morgan fingerprint density at radius 3 is 2.61 bits per heavy atom. The van der Waals surface area contributed by atoms with E-state index in [0.29, 0.717) is 19.0 Å². The van der Waals surface area contributed by atoms with Gasteiger partial charge in [0, 0.05) is 18.6 Å². The molecule has 0 bridgehead atoms. The molecule has 0 amide bonds. The highest BCUT2D eigenvalue weighted by molar-refractivity contribution is 14.0. The van der Waals surface area contributed by atoms with Gasteiger partial charge >= 0.3 is 0 Å². The van der Waals surface area contributed by atoms with E-state index in [1.165, 1.54) is 0 Å². The molecule has 2 N–H and O–H groups in total. The van der Waals surface area contributed by atoms with Gasteiger partial charge in [0.1, 0.15) is 11.3 Å². The summed E-state index contributed by atoms with van der Waals surface area (Å²) in [5.74, 6) is 1.59. The Bertz CT molecular complexity index is 737. The number of para-hydroxylation sites is 1. The lowest BCUT2D eigenvalue weighted by Crippen LogP contribution is -2.36. The molecule has 0 aliphatic rings. The molecule has 0 aliphatic carbocycles. The van der Waals surface area contributed by atoms with Gasteiger partial charge in [-0.25, -0.2) is 0 Å². The zero-order chi connectivity index (χ0) is 15.2. The van der Waals surface area contributed by atoms with Crippen LogP contribution in [0.25, 0.3) is 11.0 Å². The average molecular weight is 422 g/mol. The van der Waals surface area contributed by atoms with Crippen molar-refractivity contribution in [2.24, 2.45) is 4.99 Å². The van der Waals surface area contributed by atoms with Crippen LogP contribution in [0.2, 0.25) is 0 Å².